The van der Waals surface area contributed by atoms with Crippen molar-refractivity contribution in [2.45, 2.75) is 87.4 Å². The zero-order valence-corrected chi connectivity index (χ0v) is 20.5. The van der Waals surface area contributed by atoms with E-state index in [0.29, 0.717) is 0 Å². The first-order chi connectivity index (χ1) is 10.2. The van der Waals surface area contributed by atoms with Gasteiger partial charge in [-0.1, -0.05) is 38.5 Å². The van der Waals surface area contributed by atoms with Gasteiger partial charge in [0.05, 0.1) is 0 Å². The second kappa shape index (κ2) is 8.36. The van der Waals surface area contributed by atoms with E-state index in [9.17, 15) is 0 Å². The van der Waals surface area contributed by atoms with Gasteiger partial charge in [-0.25, -0.2) is 0 Å². The minimum atomic E-state index is 0. The quantitative estimate of drug-likeness (QED) is 0.304. The van der Waals surface area contributed by atoms with Gasteiger partial charge in [0, 0.05) is 0 Å². The third-order valence-corrected chi connectivity index (χ3v) is 10.5. The minimum Gasteiger partial charge on any atom is -1.00 e. The summed E-state index contributed by atoms with van der Waals surface area (Å²) < 4.78 is 0. The molecule has 8 bridgehead atoms. The SMILES string of the molecule is C1C2CC3CC1CC([P-]C14CC5CC(CC(C5)C1)C4)(C2)C3.[Br-].[Cl-].[Li+].[Mg+2]. The smallest absolute Gasteiger partial charge is 1.00 e. The molecular formula is C20H30BrClLiMgP. The minimum absolute atomic E-state index is 0. The average Bonchev–Trinajstić information content (AvgIpc) is 2.33. The molecule has 0 aliphatic heterocycles. The summed E-state index contributed by atoms with van der Waals surface area (Å²) in [5.41, 5.74) is 0. The van der Waals surface area contributed by atoms with Gasteiger partial charge in [0.2, 0.25) is 0 Å². The summed E-state index contributed by atoms with van der Waals surface area (Å²) >= 11 is 0. The number of hydrogen-bond acceptors (Lipinski definition) is 0. The Kier molecular flexibility index (Phi) is 7.97. The van der Waals surface area contributed by atoms with E-state index in [2.05, 4.69) is 0 Å². The van der Waals surface area contributed by atoms with Gasteiger partial charge in [-0.15, -0.1) is 0 Å². The maximum Gasteiger partial charge on any atom is 2.00 e. The molecule has 0 N–H and O–H groups in total. The Labute approximate surface area is 201 Å². The molecule has 0 aromatic heterocycles. The van der Waals surface area contributed by atoms with Crippen molar-refractivity contribution in [3.05, 3.63) is 0 Å². The van der Waals surface area contributed by atoms with Crippen LogP contribution in [0.2, 0.25) is 0 Å². The molecule has 8 rings (SSSR count). The molecule has 0 saturated heterocycles. The fraction of sp³-hybridized carbons (Fsp3) is 1.00. The van der Waals surface area contributed by atoms with Crippen molar-refractivity contribution in [2.75, 3.05) is 0 Å². The van der Waals surface area contributed by atoms with E-state index in [1.807, 2.05) is 8.58 Å². The van der Waals surface area contributed by atoms with Crippen LogP contribution in [0.3, 0.4) is 0 Å². The van der Waals surface area contributed by atoms with Crippen LogP contribution in [0.1, 0.15) is 77.0 Å². The van der Waals surface area contributed by atoms with Gasteiger partial charge in [0.15, 0.2) is 0 Å². The van der Waals surface area contributed by atoms with Crippen molar-refractivity contribution < 1.29 is 48.2 Å². The molecule has 132 valence electrons. The van der Waals surface area contributed by atoms with Crippen LogP contribution in [0.25, 0.3) is 0 Å². The Hall–Kier alpha value is 2.56. The largest absolute Gasteiger partial charge is 2.00 e. The van der Waals surface area contributed by atoms with E-state index in [1.54, 1.807) is 77.0 Å². The molecule has 0 radical (unpaired) electrons. The molecule has 8 saturated carbocycles. The first-order valence-electron chi connectivity index (χ1n) is 9.92. The van der Waals surface area contributed by atoms with Gasteiger partial charge in [-0.3, -0.25) is 0 Å². The predicted octanol–water partition coefficient (Wildman–Crippen LogP) is -3.50. The molecule has 0 atom stereocenters. The second-order valence-electron chi connectivity index (χ2n) is 10.4. The van der Waals surface area contributed by atoms with Crippen LogP contribution >= 0.6 is 8.58 Å². The molecule has 0 heterocycles. The fourth-order valence-electron chi connectivity index (χ4n) is 8.91. The summed E-state index contributed by atoms with van der Waals surface area (Å²) in [5, 5.41) is 1.64. The first kappa shape index (κ1) is 23.8. The average molecular weight is 448 g/mol. The van der Waals surface area contributed by atoms with Crippen LogP contribution in [0.4, 0.5) is 0 Å². The Morgan fingerprint density at radius 1 is 0.520 bits per heavy atom. The van der Waals surface area contributed by atoms with Gasteiger partial charge in [-0.2, -0.15) is 10.3 Å². The van der Waals surface area contributed by atoms with E-state index in [0.717, 1.165) is 45.8 Å². The number of halogens is 2. The standard InChI is InChI=1S/C20H30P.BrH.ClH.Li.Mg/c1-13-2-15-3-14(1)8-19(7-13,9-15)21-20-10-16-4-17(11-20)6-18(5-16)12-20;;;;/h13-18H,1-12H2;2*1H;;/q-1;;;+1;+2/p-2. The molecule has 0 spiro atoms. The summed E-state index contributed by atoms with van der Waals surface area (Å²) in [6, 6.07) is 0. The molecule has 8 aliphatic rings. The fourth-order valence-corrected chi connectivity index (χ4v) is 12.0. The zero-order valence-electron chi connectivity index (χ0n) is 15.9. The van der Waals surface area contributed by atoms with Crippen LogP contribution in [0, 0.1) is 35.5 Å². The van der Waals surface area contributed by atoms with Crippen LogP contribution in [-0.2, 0) is 0 Å². The summed E-state index contributed by atoms with van der Waals surface area (Å²) in [7, 11) is 2.00. The van der Waals surface area contributed by atoms with Gasteiger partial charge < -0.3 is 38.0 Å². The summed E-state index contributed by atoms with van der Waals surface area (Å²) in [6.07, 6.45) is 19.6. The maximum absolute atomic E-state index is 2.00. The van der Waals surface area contributed by atoms with Crippen molar-refractivity contribution in [1.29, 1.82) is 0 Å². The molecule has 0 aromatic carbocycles. The van der Waals surface area contributed by atoms with Crippen molar-refractivity contribution in [3.63, 3.8) is 0 Å². The number of hydrogen-bond donors (Lipinski definition) is 0. The third-order valence-electron chi connectivity index (χ3n) is 8.49. The monoisotopic (exact) mass is 446 g/mol. The van der Waals surface area contributed by atoms with Crippen molar-refractivity contribution in [2.24, 2.45) is 35.5 Å². The summed E-state index contributed by atoms with van der Waals surface area (Å²) in [4.78, 5) is 0. The molecule has 0 nitrogen and oxygen atoms in total. The topological polar surface area (TPSA) is 0 Å². The van der Waals surface area contributed by atoms with E-state index in [1.165, 1.54) is 0 Å². The van der Waals surface area contributed by atoms with Crippen molar-refractivity contribution >= 4 is 31.6 Å². The first-order valence-corrected chi connectivity index (χ1v) is 10.8. The van der Waals surface area contributed by atoms with Crippen LogP contribution in [0.15, 0.2) is 0 Å². The second-order valence-corrected chi connectivity index (χ2v) is 12.5. The van der Waals surface area contributed by atoms with E-state index in [4.69, 9.17) is 0 Å². The molecule has 8 aliphatic carbocycles. The predicted molar refractivity (Wildman–Crippen MR) is 94.5 cm³/mol. The molecular weight excluding hydrogens is 418 g/mol. The Morgan fingerprint density at radius 3 is 0.920 bits per heavy atom. The Morgan fingerprint density at radius 2 is 0.720 bits per heavy atom. The van der Waals surface area contributed by atoms with Gasteiger partial charge in [0.25, 0.3) is 0 Å². The van der Waals surface area contributed by atoms with Gasteiger partial charge in [0.1, 0.15) is 0 Å². The third kappa shape index (κ3) is 4.09. The summed E-state index contributed by atoms with van der Waals surface area (Å²) in [5.74, 6) is 6.90. The molecule has 5 heteroatoms. The van der Waals surface area contributed by atoms with Crippen LogP contribution in [0.5, 0.6) is 0 Å². The normalized spacial score (nSPS) is 53.8. The Balaban J connectivity index is 0.000000563. The van der Waals surface area contributed by atoms with Crippen molar-refractivity contribution in [1.82, 2.24) is 0 Å². The number of rotatable bonds is 2. The molecule has 0 amide bonds. The van der Waals surface area contributed by atoms with E-state index >= 15 is 0 Å². The molecule has 0 aromatic rings. The molecule has 8 fully saturated rings. The summed E-state index contributed by atoms with van der Waals surface area (Å²) in [6.45, 7) is 0. The van der Waals surface area contributed by atoms with Crippen LogP contribution in [-0.4, -0.2) is 33.4 Å². The van der Waals surface area contributed by atoms with Crippen molar-refractivity contribution in [3.8, 4) is 0 Å². The van der Waals surface area contributed by atoms with Gasteiger partial charge in [-0.05, 0) is 74.0 Å². The van der Waals surface area contributed by atoms with Crippen LogP contribution < -0.4 is 48.2 Å². The van der Waals surface area contributed by atoms with E-state index < -0.39 is 0 Å². The molecule has 0 unspecified atom stereocenters. The van der Waals surface area contributed by atoms with Gasteiger partial charge >= 0.3 is 41.9 Å². The molecule has 25 heavy (non-hydrogen) atoms. The van der Waals surface area contributed by atoms with E-state index in [-0.39, 0.29) is 71.3 Å². The zero-order chi connectivity index (χ0) is 13.7. The maximum atomic E-state index is 2.00. The Bertz CT molecular complexity index is 376.